The molecule has 0 spiro atoms. The van der Waals surface area contributed by atoms with Crippen molar-refractivity contribution in [1.82, 2.24) is 0 Å². The van der Waals surface area contributed by atoms with Gasteiger partial charge < -0.3 is 15.1 Å². The van der Waals surface area contributed by atoms with E-state index in [1.165, 1.54) is 0 Å². The van der Waals surface area contributed by atoms with Gasteiger partial charge in [0.2, 0.25) is 0 Å². The fraction of sp³-hybridized carbons (Fsp3) is 0.190. The highest BCUT2D eigenvalue weighted by molar-refractivity contribution is 5.93. The van der Waals surface area contributed by atoms with Crippen molar-refractivity contribution in [2.24, 2.45) is 0 Å². The monoisotopic (exact) mass is 335 g/mol. The van der Waals surface area contributed by atoms with Crippen LogP contribution in [0.1, 0.15) is 29.9 Å². The second-order valence-corrected chi connectivity index (χ2v) is 6.24. The molecule has 0 saturated heterocycles. The fourth-order valence-electron chi connectivity index (χ4n) is 2.85. The number of nitrogens with one attached hydrogen (secondary N) is 1. The zero-order valence-electron chi connectivity index (χ0n) is 14.5. The third kappa shape index (κ3) is 4.37. The summed E-state index contributed by atoms with van der Waals surface area (Å²) in [4.78, 5) is 12.6. The van der Waals surface area contributed by atoms with Crippen LogP contribution in [-0.2, 0) is 4.79 Å². The van der Waals surface area contributed by atoms with Crippen LogP contribution < -0.4 is 10.6 Å². The van der Waals surface area contributed by atoms with Crippen LogP contribution in [0.25, 0.3) is 0 Å². The van der Waals surface area contributed by atoms with Crippen molar-refractivity contribution in [3.63, 3.8) is 0 Å². The molecule has 25 heavy (non-hydrogen) atoms. The summed E-state index contributed by atoms with van der Waals surface area (Å²) < 4.78 is 5.60. The Kier molecular flexibility index (Phi) is 5.31. The predicted molar refractivity (Wildman–Crippen MR) is 98.2 cm³/mol. The second kappa shape index (κ2) is 7.81. The average Bonchev–Trinajstić information content (AvgIpc) is 3.14. The van der Waals surface area contributed by atoms with Crippen molar-refractivity contribution in [3.8, 4) is 0 Å². The Labute approximate surface area is 147 Å². The minimum atomic E-state index is -0.268. The molecule has 0 unspecified atom stereocenters. The van der Waals surface area contributed by atoms with E-state index in [0.717, 1.165) is 22.6 Å². The van der Waals surface area contributed by atoms with Gasteiger partial charge in [-0.2, -0.15) is 0 Å². The van der Waals surface area contributed by atoms with Crippen molar-refractivity contribution in [2.45, 2.75) is 25.9 Å². The third-order valence-corrected chi connectivity index (χ3v) is 4.19. The van der Waals surface area contributed by atoms with Gasteiger partial charge in [0, 0.05) is 11.3 Å². The molecule has 128 valence electrons. The molecule has 0 aliphatic rings. The first-order chi connectivity index (χ1) is 12.1. The minimum Gasteiger partial charge on any atom is -0.463 e. The lowest BCUT2D eigenvalue weighted by Crippen LogP contribution is -2.92. The average molecular weight is 335 g/mol. The Bertz CT molecular complexity index is 813. The van der Waals surface area contributed by atoms with Crippen LogP contribution in [0.15, 0.2) is 77.4 Å². The molecule has 1 heterocycles. The molecule has 2 aromatic carbocycles. The molecule has 3 aromatic rings. The largest absolute Gasteiger partial charge is 0.463 e. The van der Waals surface area contributed by atoms with Crippen LogP contribution in [0.4, 0.5) is 5.69 Å². The molecular formula is C21H23N2O2+. The maximum absolute atomic E-state index is 12.6. The number of anilines is 1. The third-order valence-electron chi connectivity index (χ3n) is 4.19. The molecule has 2 atom stereocenters. The number of benzene rings is 2. The lowest BCUT2D eigenvalue weighted by atomic mass is 10.0. The Morgan fingerprint density at radius 1 is 1.04 bits per heavy atom. The fourth-order valence-corrected chi connectivity index (χ4v) is 2.85. The Balaban J connectivity index is 1.74. The number of hydrogen-bond acceptors (Lipinski definition) is 2. The van der Waals surface area contributed by atoms with Crippen LogP contribution in [0.3, 0.4) is 0 Å². The first kappa shape index (κ1) is 17.0. The Morgan fingerprint density at radius 3 is 2.52 bits per heavy atom. The van der Waals surface area contributed by atoms with E-state index >= 15 is 0 Å². The van der Waals surface area contributed by atoms with E-state index in [1.807, 2.05) is 73.8 Å². The van der Waals surface area contributed by atoms with Gasteiger partial charge in [-0.05, 0) is 43.7 Å². The quantitative estimate of drug-likeness (QED) is 0.726. The molecule has 0 saturated carbocycles. The number of carbonyl (C=O) groups is 1. The van der Waals surface area contributed by atoms with E-state index in [1.54, 1.807) is 6.26 Å². The van der Waals surface area contributed by atoms with Gasteiger partial charge in [0.1, 0.15) is 0 Å². The molecule has 4 heteroatoms. The number of aryl methyl sites for hydroxylation is 1. The number of nitrogens with two attached hydrogens (primary N) is 1. The van der Waals surface area contributed by atoms with Gasteiger partial charge in [0.15, 0.2) is 17.8 Å². The van der Waals surface area contributed by atoms with E-state index in [9.17, 15) is 4.79 Å². The van der Waals surface area contributed by atoms with Crippen LogP contribution in [-0.4, -0.2) is 11.9 Å². The van der Waals surface area contributed by atoms with Gasteiger partial charge in [-0.15, -0.1) is 0 Å². The van der Waals surface area contributed by atoms with Crippen LogP contribution in [0.5, 0.6) is 0 Å². The number of hydrogen-bond donors (Lipinski definition) is 2. The first-order valence-corrected chi connectivity index (χ1v) is 8.44. The number of carbonyl (C=O) groups excluding carboxylic acids is 1. The maximum atomic E-state index is 12.6. The highest BCUT2D eigenvalue weighted by Gasteiger charge is 2.26. The van der Waals surface area contributed by atoms with Crippen molar-refractivity contribution in [2.75, 3.05) is 5.32 Å². The van der Waals surface area contributed by atoms with Crippen molar-refractivity contribution in [1.29, 1.82) is 0 Å². The minimum absolute atomic E-state index is 0.0295. The smallest absolute Gasteiger partial charge is 0.282 e. The summed E-state index contributed by atoms with van der Waals surface area (Å²) >= 11 is 0. The summed E-state index contributed by atoms with van der Waals surface area (Å²) in [6.07, 6.45) is 1.66. The summed E-state index contributed by atoms with van der Waals surface area (Å²) in [6.45, 7) is 3.91. The highest BCUT2D eigenvalue weighted by Crippen LogP contribution is 2.18. The maximum Gasteiger partial charge on any atom is 0.282 e. The first-order valence-electron chi connectivity index (χ1n) is 8.44. The SMILES string of the molecule is Cc1cccc(NC(=O)[C@@H](C)[NH2+][C@H](c2ccccc2)c2ccco2)c1. The van der Waals surface area contributed by atoms with E-state index in [-0.39, 0.29) is 18.0 Å². The lowest BCUT2D eigenvalue weighted by molar-refractivity contribution is -0.706. The summed E-state index contributed by atoms with van der Waals surface area (Å²) in [5.41, 5.74) is 3.04. The summed E-state index contributed by atoms with van der Waals surface area (Å²) in [5, 5.41) is 5.01. The molecule has 3 N–H and O–H groups in total. The molecule has 0 aliphatic carbocycles. The Morgan fingerprint density at radius 2 is 1.84 bits per heavy atom. The van der Waals surface area contributed by atoms with Crippen LogP contribution >= 0.6 is 0 Å². The van der Waals surface area contributed by atoms with Gasteiger partial charge in [0.25, 0.3) is 5.91 Å². The number of quaternary nitrogens is 1. The van der Waals surface area contributed by atoms with Gasteiger partial charge in [0.05, 0.1) is 6.26 Å². The van der Waals surface area contributed by atoms with Crippen LogP contribution in [0.2, 0.25) is 0 Å². The highest BCUT2D eigenvalue weighted by atomic mass is 16.3. The summed E-state index contributed by atoms with van der Waals surface area (Å²) in [7, 11) is 0. The molecule has 0 bridgehead atoms. The molecule has 0 aliphatic heterocycles. The van der Waals surface area contributed by atoms with E-state index in [4.69, 9.17) is 4.42 Å². The van der Waals surface area contributed by atoms with Crippen LogP contribution in [0, 0.1) is 6.92 Å². The number of rotatable bonds is 6. The summed E-state index contributed by atoms with van der Waals surface area (Å²) in [5.74, 6) is 0.805. The zero-order chi connectivity index (χ0) is 17.6. The molecule has 0 radical (unpaired) electrons. The van der Waals surface area contributed by atoms with E-state index in [2.05, 4.69) is 17.4 Å². The number of amides is 1. The molecule has 0 fully saturated rings. The molecule has 3 rings (SSSR count). The zero-order valence-corrected chi connectivity index (χ0v) is 14.5. The summed E-state index contributed by atoms with van der Waals surface area (Å²) in [6, 6.07) is 21.4. The Hall–Kier alpha value is -2.85. The van der Waals surface area contributed by atoms with Crippen molar-refractivity contribution < 1.29 is 14.5 Å². The van der Waals surface area contributed by atoms with Gasteiger partial charge in [-0.1, -0.05) is 42.5 Å². The standard InChI is InChI=1S/C21H22N2O2/c1-15-8-6-11-18(14-15)23-21(24)16(2)22-20(19-12-7-13-25-19)17-9-4-3-5-10-17/h3-14,16,20,22H,1-2H3,(H,23,24)/p+1/t16-,20-/m1/s1. The van der Waals surface area contributed by atoms with E-state index < -0.39 is 0 Å². The molecule has 1 aromatic heterocycles. The normalized spacial score (nSPS) is 13.2. The number of furan rings is 1. The second-order valence-electron chi connectivity index (χ2n) is 6.24. The molecular weight excluding hydrogens is 312 g/mol. The van der Waals surface area contributed by atoms with Gasteiger partial charge >= 0.3 is 0 Å². The predicted octanol–water partition coefficient (Wildman–Crippen LogP) is 3.27. The van der Waals surface area contributed by atoms with E-state index in [0.29, 0.717) is 0 Å². The van der Waals surface area contributed by atoms with Gasteiger partial charge in [-0.3, -0.25) is 4.79 Å². The molecule has 1 amide bonds. The lowest BCUT2D eigenvalue weighted by Gasteiger charge is -2.19. The van der Waals surface area contributed by atoms with Gasteiger partial charge in [-0.25, -0.2) is 0 Å². The topological polar surface area (TPSA) is 58.9 Å². The molecule has 4 nitrogen and oxygen atoms in total. The van der Waals surface area contributed by atoms with Crippen molar-refractivity contribution in [3.05, 3.63) is 89.9 Å². The van der Waals surface area contributed by atoms with Crippen molar-refractivity contribution >= 4 is 11.6 Å².